The van der Waals surface area contributed by atoms with Gasteiger partial charge in [-0.1, -0.05) is 98.3 Å². The second-order valence-electron chi connectivity index (χ2n) is 20.9. The number of ketones is 4. The minimum Gasteiger partial charge on any atom is -0.493 e. The quantitative estimate of drug-likeness (QED) is 0.0505. The first-order chi connectivity index (χ1) is 40.7. The molecule has 0 spiro atoms. The number of Topliss-reactive ketones (excluding diaryl/α,β-unsaturated/α-hetero) is 4. The monoisotopic (exact) mass is 1160 g/mol. The molecule has 8 rings (SSSR count). The van der Waals surface area contributed by atoms with Gasteiger partial charge in [0.2, 0.25) is 0 Å². The molecule has 4 aromatic carbocycles. The molecule has 0 aliphatic carbocycles. The molecule has 4 N–H and O–H groups in total. The van der Waals surface area contributed by atoms with Crippen LogP contribution in [0.1, 0.15) is 80.8 Å². The van der Waals surface area contributed by atoms with Crippen LogP contribution in [0.5, 0.6) is 5.75 Å². The van der Waals surface area contributed by atoms with Crippen molar-refractivity contribution in [3.05, 3.63) is 209 Å². The van der Waals surface area contributed by atoms with Crippen molar-refractivity contribution in [2.45, 2.75) is 104 Å². The van der Waals surface area contributed by atoms with E-state index in [1.165, 1.54) is 42.9 Å². The first-order valence-corrected chi connectivity index (χ1v) is 28.2. The summed E-state index contributed by atoms with van der Waals surface area (Å²) in [4.78, 5) is 63.4. The third-order valence-electron chi connectivity index (χ3n) is 14.2. The summed E-state index contributed by atoms with van der Waals surface area (Å²) >= 11 is 0. The SMILES string of the molecule is CN[C@@H](Cc1ccc(-c2cc(F)cc(F)c2OC)nc1)C(C)=O.CN[C@@H](Cc1ccc(-c2cccc(C)c2)nc1)C(C)=O.CN[C@@H](Cc1ccc(-c2ccccc2C(C)C)nc1)C(C)=O.CN[C@@H](Cc1ccc(-c2ccccc2F)nc1)C(C)=O. The first-order valence-electron chi connectivity index (χ1n) is 28.2. The van der Waals surface area contributed by atoms with Crippen LogP contribution in [-0.2, 0) is 44.9 Å². The molecular formula is C69H79F3N8O5. The van der Waals surface area contributed by atoms with Crippen LogP contribution in [0.25, 0.3) is 45.0 Å². The number of halogens is 3. The molecule has 16 heteroatoms. The van der Waals surface area contributed by atoms with Crippen molar-refractivity contribution in [2.24, 2.45) is 0 Å². The summed E-state index contributed by atoms with van der Waals surface area (Å²) in [6.45, 7) is 12.8. The molecule has 0 saturated heterocycles. The second-order valence-corrected chi connectivity index (χ2v) is 20.9. The molecule has 8 aromatic rings. The van der Waals surface area contributed by atoms with Crippen molar-refractivity contribution in [3.8, 4) is 50.8 Å². The number of pyridine rings is 4. The molecule has 0 radical (unpaired) electrons. The summed E-state index contributed by atoms with van der Waals surface area (Å²) < 4.78 is 45.8. The number of nitrogens with zero attached hydrogens (tertiary/aromatic N) is 4. The van der Waals surface area contributed by atoms with Crippen LogP contribution >= 0.6 is 0 Å². The van der Waals surface area contributed by atoms with Crippen molar-refractivity contribution in [1.29, 1.82) is 0 Å². The predicted molar refractivity (Wildman–Crippen MR) is 333 cm³/mol. The Morgan fingerprint density at radius 2 is 0.835 bits per heavy atom. The fraction of sp³-hybridized carbons (Fsp3) is 0.304. The third kappa shape index (κ3) is 20.4. The summed E-state index contributed by atoms with van der Waals surface area (Å²) in [6, 6.07) is 39.6. The van der Waals surface area contributed by atoms with Crippen molar-refractivity contribution in [2.75, 3.05) is 35.3 Å². The van der Waals surface area contributed by atoms with Crippen LogP contribution in [0.15, 0.2) is 158 Å². The maximum atomic E-state index is 13.7. The zero-order valence-corrected chi connectivity index (χ0v) is 50.7. The summed E-state index contributed by atoms with van der Waals surface area (Å²) in [5.74, 6) is -0.934. The van der Waals surface area contributed by atoms with Crippen LogP contribution in [0.3, 0.4) is 0 Å². The molecule has 0 aliphatic rings. The van der Waals surface area contributed by atoms with Crippen molar-refractivity contribution < 1.29 is 37.1 Å². The third-order valence-corrected chi connectivity index (χ3v) is 14.2. The Hall–Kier alpha value is -8.41. The minimum absolute atomic E-state index is 0.0328. The number of aromatic nitrogens is 4. The zero-order chi connectivity index (χ0) is 62.2. The number of nitrogens with one attached hydrogen (secondary N) is 4. The number of hydrogen-bond acceptors (Lipinski definition) is 13. The van der Waals surface area contributed by atoms with Gasteiger partial charge in [0.15, 0.2) is 11.6 Å². The van der Waals surface area contributed by atoms with E-state index in [-0.39, 0.29) is 64.4 Å². The highest BCUT2D eigenvalue weighted by molar-refractivity contribution is 5.83. The van der Waals surface area contributed by atoms with Crippen LogP contribution in [0.4, 0.5) is 13.2 Å². The van der Waals surface area contributed by atoms with Gasteiger partial charge in [0.05, 0.1) is 54.1 Å². The Morgan fingerprint density at radius 1 is 0.447 bits per heavy atom. The van der Waals surface area contributed by atoms with Crippen LogP contribution in [0.2, 0.25) is 0 Å². The fourth-order valence-corrected chi connectivity index (χ4v) is 9.23. The van der Waals surface area contributed by atoms with Crippen LogP contribution in [0, 0.1) is 24.4 Å². The van der Waals surface area contributed by atoms with Gasteiger partial charge in [-0.05, 0) is 171 Å². The number of carbonyl (C=O) groups excluding carboxylic acids is 4. The zero-order valence-electron chi connectivity index (χ0n) is 50.7. The van der Waals surface area contributed by atoms with E-state index >= 15 is 0 Å². The Morgan fingerprint density at radius 3 is 1.20 bits per heavy atom. The molecule has 0 bridgehead atoms. The van der Waals surface area contributed by atoms with E-state index in [4.69, 9.17) is 4.74 Å². The number of rotatable bonds is 22. The fourth-order valence-electron chi connectivity index (χ4n) is 9.23. The second kappa shape index (κ2) is 33.8. The number of benzene rings is 4. The van der Waals surface area contributed by atoms with Gasteiger partial charge in [0, 0.05) is 53.1 Å². The van der Waals surface area contributed by atoms with Gasteiger partial charge in [0.1, 0.15) is 34.8 Å². The maximum absolute atomic E-state index is 13.7. The molecule has 446 valence electrons. The standard InChI is InChI=1S/C19H24N2O.C17H18F2N2O2.C17H20N2O.C16H17FN2O/c1-13(2)16-7-5-6-8-17(16)18-10-9-15(12-21-18)11-19(20-4)14(3)22;1-10(22)16(20-2)6-11-4-5-15(21-9-11)13-7-12(18)8-14(19)17(13)23-3;1-12-5-4-6-15(9-12)16-8-7-14(11-19-16)10-17(18-3)13(2)20;1-11(20)16(18-2)9-12-7-8-15(19-10-12)13-5-3-4-6-14(13)17/h5-10,12-13,19-20H,11H2,1-4H3;4-5,7-9,16,20H,6H2,1-3H3;4-9,11,17-18H,10H2,1-3H3;3-8,10,16,18H,9H2,1-2H3/t19-;16-;17-;16-/m0000/s1. The van der Waals surface area contributed by atoms with Gasteiger partial charge in [-0.2, -0.15) is 0 Å². The normalized spacial score (nSPS) is 12.2. The number of aryl methyl sites for hydroxylation is 1. The van der Waals surface area contributed by atoms with Crippen LogP contribution in [-0.4, -0.2) is 103 Å². The van der Waals surface area contributed by atoms with Gasteiger partial charge in [-0.15, -0.1) is 0 Å². The Kier molecular flexibility index (Phi) is 26.8. The lowest BCUT2D eigenvalue weighted by molar-refractivity contribution is -0.119. The molecule has 0 saturated carbocycles. The summed E-state index contributed by atoms with van der Waals surface area (Å²) in [7, 11) is 8.41. The van der Waals surface area contributed by atoms with Crippen LogP contribution < -0.4 is 26.0 Å². The van der Waals surface area contributed by atoms with Gasteiger partial charge in [0.25, 0.3) is 0 Å². The van der Waals surface area contributed by atoms with Crippen molar-refractivity contribution in [3.63, 3.8) is 0 Å². The molecule has 85 heavy (non-hydrogen) atoms. The number of ether oxygens (including phenoxy) is 1. The lowest BCUT2D eigenvalue weighted by atomic mass is 9.95. The average Bonchev–Trinajstić information content (AvgIpc) is 3.56. The molecule has 4 aromatic heterocycles. The lowest BCUT2D eigenvalue weighted by Crippen LogP contribution is -2.34. The summed E-state index contributed by atoms with van der Waals surface area (Å²) in [5.41, 5.74) is 12.4. The summed E-state index contributed by atoms with van der Waals surface area (Å²) in [5, 5.41) is 12.0. The highest BCUT2D eigenvalue weighted by Gasteiger charge is 2.19. The smallest absolute Gasteiger partial charge is 0.168 e. The predicted octanol–water partition coefficient (Wildman–Crippen LogP) is 11.7. The van der Waals surface area contributed by atoms with E-state index in [0.29, 0.717) is 48.6 Å². The van der Waals surface area contributed by atoms with E-state index in [2.05, 4.69) is 104 Å². The van der Waals surface area contributed by atoms with Gasteiger partial charge >= 0.3 is 0 Å². The largest absolute Gasteiger partial charge is 0.493 e. The molecule has 0 amide bonds. The van der Waals surface area contributed by atoms with E-state index in [9.17, 15) is 32.3 Å². The Balaban J connectivity index is 0.000000207. The number of carbonyl (C=O) groups is 4. The average molecular weight is 1160 g/mol. The number of likely N-dealkylation sites (N-methyl/N-ethyl adjacent to an activating group) is 4. The number of hydrogen-bond donors (Lipinski definition) is 4. The Labute approximate surface area is 498 Å². The first kappa shape index (κ1) is 67.4. The van der Waals surface area contributed by atoms with Crippen molar-refractivity contribution >= 4 is 23.1 Å². The molecule has 13 nitrogen and oxygen atoms in total. The van der Waals surface area contributed by atoms with Gasteiger partial charge in [-0.25, -0.2) is 13.2 Å². The highest BCUT2D eigenvalue weighted by Crippen LogP contribution is 2.33. The number of methoxy groups -OCH3 is 1. The van der Waals surface area contributed by atoms with E-state index < -0.39 is 11.6 Å². The Bertz CT molecular complexity index is 3440. The van der Waals surface area contributed by atoms with Gasteiger partial charge in [-0.3, -0.25) is 39.1 Å². The highest BCUT2D eigenvalue weighted by atomic mass is 19.1. The van der Waals surface area contributed by atoms with E-state index in [1.54, 1.807) is 90.7 Å². The van der Waals surface area contributed by atoms with Crippen molar-refractivity contribution in [1.82, 2.24) is 41.2 Å². The topological polar surface area (TPSA) is 177 Å². The molecule has 4 heterocycles. The molecule has 0 unspecified atom stereocenters. The molecular weight excluding hydrogens is 1080 g/mol. The van der Waals surface area contributed by atoms with E-state index in [1.807, 2.05) is 55.8 Å². The molecule has 4 atom stereocenters. The summed E-state index contributed by atoms with van der Waals surface area (Å²) in [6.07, 6.45) is 9.42. The molecule has 0 fully saturated rings. The van der Waals surface area contributed by atoms with Gasteiger partial charge < -0.3 is 26.0 Å². The molecule has 0 aliphatic heterocycles. The minimum atomic E-state index is -0.778. The lowest BCUT2D eigenvalue weighted by Gasteiger charge is -2.14. The van der Waals surface area contributed by atoms with E-state index in [0.717, 1.165) is 45.3 Å². The maximum Gasteiger partial charge on any atom is 0.168 e.